The second kappa shape index (κ2) is 9.08. The number of nitrogens with one attached hydrogen (secondary N) is 1. The van der Waals surface area contributed by atoms with Crippen molar-refractivity contribution in [2.24, 2.45) is 0 Å². The maximum Gasteiger partial charge on any atom is 0.373 e. The highest BCUT2D eigenvalue weighted by atomic mass is 35.5. The fourth-order valence-electron chi connectivity index (χ4n) is 2.23. The molecule has 1 aliphatic rings. The zero-order chi connectivity index (χ0) is 19.1. The molecule has 0 amide bonds. The van der Waals surface area contributed by atoms with Crippen LogP contribution in [0.25, 0.3) is 0 Å². The van der Waals surface area contributed by atoms with Crippen LogP contribution in [0.3, 0.4) is 0 Å². The molecule has 0 bridgehead atoms. The van der Waals surface area contributed by atoms with E-state index in [1.165, 1.54) is 12.7 Å². The predicted molar refractivity (Wildman–Crippen MR) is 93.9 cm³/mol. The molecule has 0 spiro atoms. The van der Waals surface area contributed by atoms with Crippen LogP contribution in [0.2, 0.25) is 5.02 Å². The molecule has 1 aromatic heterocycles. The van der Waals surface area contributed by atoms with Gasteiger partial charge in [0, 0.05) is 12.5 Å². The third-order valence-corrected chi connectivity index (χ3v) is 4.13. The Hall–Kier alpha value is -2.76. The van der Waals surface area contributed by atoms with Crippen LogP contribution in [0.1, 0.15) is 46.2 Å². The molecular weight excluding hydrogens is 358 g/mol. The van der Waals surface area contributed by atoms with Gasteiger partial charge in [0.1, 0.15) is 16.7 Å². The van der Waals surface area contributed by atoms with Gasteiger partial charge in [0.15, 0.2) is 5.69 Å². The van der Waals surface area contributed by atoms with Crippen molar-refractivity contribution in [1.82, 2.24) is 9.97 Å². The highest BCUT2D eigenvalue weighted by molar-refractivity contribution is 6.35. The van der Waals surface area contributed by atoms with E-state index in [9.17, 15) is 4.79 Å². The number of rotatable bonds is 5. The first-order valence-electron chi connectivity index (χ1n) is 7.94. The number of aromatic nitrogens is 2. The molecule has 8 heteroatoms. The van der Waals surface area contributed by atoms with Gasteiger partial charge in [-0.1, -0.05) is 41.4 Å². The van der Waals surface area contributed by atoms with Crippen LogP contribution in [0, 0.1) is 6.92 Å². The van der Waals surface area contributed by atoms with Crippen molar-refractivity contribution in [3.63, 3.8) is 0 Å². The Morgan fingerprint density at radius 3 is 2.42 bits per heavy atom. The first-order valence-corrected chi connectivity index (χ1v) is 8.32. The number of hydrogen-bond acceptors (Lipinski definition) is 7. The molecule has 0 saturated heterocycles. The lowest BCUT2D eigenvalue weighted by Gasteiger charge is -2.12. The monoisotopic (exact) mass is 375 g/mol. The van der Waals surface area contributed by atoms with E-state index >= 15 is 0 Å². The minimum absolute atomic E-state index is 0.123. The maximum atomic E-state index is 11.9. The summed E-state index contributed by atoms with van der Waals surface area (Å²) in [6.45, 7) is 2.62. The first kappa shape index (κ1) is 19.6. The molecule has 26 heavy (non-hydrogen) atoms. The number of carbonyl (C=O) groups is 1. The fourth-order valence-corrected chi connectivity index (χ4v) is 2.46. The average Bonchev–Trinajstić information content (AvgIpc) is 3.47. The van der Waals surface area contributed by atoms with E-state index < -0.39 is 5.97 Å². The van der Waals surface area contributed by atoms with Crippen molar-refractivity contribution in [1.29, 1.82) is 0 Å². The number of carbonyl (C=O) groups excluding carboxylic acids is 3. The lowest BCUT2D eigenvalue weighted by Crippen LogP contribution is -2.12. The summed E-state index contributed by atoms with van der Waals surface area (Å²) in [7, 11) is 1.32. The Balaban J connectivity index is 0.000000758. The van der Waals surface area contributed by atoms with E-state index in [0.29, 0.717) is 24.1 Å². The van der Waals surface area contributed by atoms with Gasteiger partial charge in [-0.15, -0.1) is 0 Å². The first-order chi connectivity index (χ1) is 12.5. The Morgan fingerprint density at radius 2 is 1.88 bits per heavy atom. The molecule has 1 aliphatic carbocycles. The van der Waals surface area contributed by atoms with Crippen molar-refractivity contribution >= 4 is 29.5 Å². The molecule has 1 N–H and O–H groups in total. The van der Waals surface area contributed by atoms with Crippen molar-refractivity contribution in [2.45, 2.75) is 32.2 Å². The SMILES string of the molecule is COC(=O)c1nc(C2CC2)nc(NCc2ccc(C)cc2)c1Cl.O=C=O. The van der Waals surface area contributed by atoms with Gasteiger partial charge in [-0.2, -0.15) is 9.59 Å². The van der Waals surface area contributed by atoms with Crippen LogP contribution in [0.15, 0.2) is 24.3 Å². The summed E-state index contributed by atoms with van der Waals surface area (Å²) in [4.78, 5) is 36.9. The number of methoxy groups -OCH3 is 1. The lowest BCUT2D eigenvalue weighted by atomic mass is 10.1. The Morgan fingerprint density at radius 1 is 1.27 bits per heavy atom. The number of halogens is 1. The molecule has 3 rings (SSSR count). The van der Waals surface area contributed by atoms with Crippen LogP contribution in [-0.2, 0) is 20.9 Å². The van der Waals surface area contributed by atoms with Gasteiger partial charge in [-0.05, 0) is 25.3 Å². The molecular formula is C18H18ClN3O4. The molecule has 0 radical (unpaired) electrons. The van der Waals surface area contributed by atoms with Crippen molar-refractivity contribution in [3.8, 4) is 0 Å². The zero-order valence-corrected chi connectivity index (χ0v) is 15.2. The van der Waals surface area contributed by atoms with Crippen molar-refractivity contribution in [2.75, 3.05) is 12.4 Å². The highest BCUT2D eigenvalue weighted by Gasteiger charge is 2.30. The van der Waals surface area contributed by atoms with Gasteiger partial charge in [0.05, 0.1) is 7.11 Å². The largest absolute Gasteiger partial charge is 0.464 e. The van der Waals surface area contributed by atoms with Crippen LogP contribution in [0.5, 0.6) is 0 Å². The minimum atomic E-state index is -0.544. The molecule has 136 valence electrons. The summed E-state index contributed by atoms with van der Waals surface area (Å²) < 4.78 is 4.76. The molecule has 1 heterocycles. The Bertz CT molecular complexity index is 814. The molecule has 0 unspecified atom stereocenters. The number of esters is 1. The molecule has 7 nitrogen and oxygen atoms in total. The number of benzene rings is 1. The second-order valence-electron chi connectivity index (χ2n) is 5.78. The molecule has 1 aromatic carbocycles. The summed E-state index contributed by atoms with van der Waals surface area (Å²) in [5.41, 5.74) is 2.44. The smallest absolute Gasteiger partial charge is 0.373 e. The summed E-state index contributed by atoms with van der Waals surface area (Å²) >= 11 is 6.28. The third-order valence-electron chi connectivity index (χ3n) is 3.77. The number of aryl methyl sites for hydroxylation is 1. The summed E-state index contributed by atoms with van der Waals surface area (Å²) in [6.07, 6.45) is 2.33. The number of nitrogens with zero attached hydrogens (tertiary/aromatic N) is 2. The molecule has 1 fully saturated rings. The van der Waals surface area contributed by atoms with Crippen LogP contribution < -0.4 is 5.32 Å². The van der Waals surface area contributed by atoms with E-state index in [2.05, 4.69) is 15.3 Å². The maximum absolute atomic E-state index is 11.9. The Kier molecular flexibility index (Phi) is 6.83. The quantitative estimate of drug-likeness (QED) is 0.801. The molecule has 1 saturated carbocycles. The average molecular weight is 376 g/mol. The summed E-state index contributed by atoms with van der Waals surface area (Å²) in [6, 6.07) is 8.18. The van der Waals surface area contributed by atoms with Gasteiger partial charge in [0.25, 0.3) is 0 Å². The summed E-state index contributed by atoms with van der Waals surface area (Å²) in [5.74, 6) is 0.902. The highest BCUT2D eigenvalue weighted by Crippen LogP contribution is 2.39. The second-order valence-corrected chi connectivity index (χ2v) is 6.16. The van der Waals surface area contributed by atoms with Crippen LogP contribution in [-0.4, -0.2) is 29.2 Å². The lowest BCUT2D eigenvalue weighted by molar-refractivity contribution is -0.191. The molecule has 2 aromatic rings. The van der Waals surface area contributed by atoms with Crippen molar-refractivity contribution < 1.29 is 19.1 Å². The zero-order valence-electron chi connectivity index (χ0n) is 14.4. The van der Waals surface area contributed by atoms with Crippen molar-refractivity contribution in [3.05, 3.63) is 51.9 Å². The normalized spacial score (nSPS) is 12.4. The number of hydrogen-bond donors (Lipinski definition) is 1. The van der Waals surface area contributed by atoms with Gasteiger partial charge in [-0.3, -0.25) is 0 Å². The van der Waals surface area contributed by atoms with Crippen LogP contribution in [0.4, 0.5) is 5.82 Å². The number of anilines is 1. The molecule has 0 aliphatic heterocycles. The van der Waals surface area contributed by atoms with E-state index in [1.807, 2.05) is 31.2 Å². The standard InChI is InChI=1S/C17H18ClN3O2.CO2/c1-10-3-5-11(6-4-10)9-19-16-13(18)14(17(22)23-2)20-15(21-16)12-7-8-12;2-1-3/h3-6,12H,7-9H2,1-2H3,(H,19,20,21);. The summed E-state index contributed by atoms with van der Waals surface area (Å²) in [5, 5.41) is 3.40. The van der Waals surface area contributed by atoms with E-state index in [1.54, 1.807) is 0 Å². The van der Waals surface area contributed by atoms with Gasteiger partial charge in [-0.25, -0.2) is 14.8 Å². The molecule has 0 atom stereocenters. The topological polar surface area (TPSA) is 98.2 Å². The predicted octanol–water partition coefficient (Wildman–Crippen LogP) is 3.13. The van der Waals surface area contributed by atoms with E-state index in [-0.39, 0.29) is 16.9 Å². The third kappa shape index (κ3) is 5.12. The van der Waals surface area contributed by atoms with Gasteiger partial charge < -0.3 is 10.1 Å². The van der Waals surface area contributed by atoms with Crippen LogP contribution >= 0.6 is 11.6 Å². The Labute approximate surface area is 155 Å². The minimum Gasteiger partial charge on any atom is -0.464 e. The van der Waals surface area contributed by atoms with E-state index in [0.717, 1.165) is 18.4 Å². The van der Waals surface area contributed by atoms with E-state index in [4.69, 9.17) is 25.9 Å². The van der Waals surface area contributed by atoms with Gasteiger partial charge in [0.2, 0.25) is 0 Å². The fraction of sp³-hybridized carbons (Fsp3) is 0.333. The number of ether oxygens (including phenoxy) is 1. The van der Waals surface area contributed by atoms with Gasteiger partial charge >= 0.3 is 12.1 Å².